The Balaban J connectivity index is 0.00000272. The van der Waals surface area contributed by atoms with Crippen LogP contribution < -0.4 is 10.6 Å². The highest BCUT2D eigenvalue weighted by atomic mass is 127. The van der Waals surface area contributed by atoms with Gasteiger partial charge in [-0.2, -0.15) is 0 Å². The molecule has 1 aromatic carbocycles. The number of thiazole rings is 1. The zero-order valence-corrected chi connectivity index (χ0v) is 22.0. The molecule has 1 aliphatic heterocycles. The van der Waals surface area contributed by atoms with Gasteiger partial charge >= 0.3 is 0 Å². The first-order valence-electron chi connectivity index (χ1n) is 10.4. The number of aliphatic imine (C=N–C) groups is 1. The number of hydrogen-bond acceptors (Lipinski definition) is 5. The molecule has 3 heterocycles. The molecule has 1 atom stereocenters. The van der Waals surface area contributed by atoms with Crippen LogP contribution in [-0.4, -0.2) is 42.5 Å². The van der Waals surface area contributed by atoms with E-state index in [0.717, 1.165) is 55.7 Å². The summed E-state index contributed by atoms with van der Waals surface area (Å²) in [5, 5.41) is 12.5. The molecule has 31 heavy (non-hydrogen) atoms. The molecular formula is C23H30IN5S2. The summed E-state index contributed by atoms with van der Waals surface area (Å²) in [4.78, 5) is 13.1. The summed E-state index contributed by atoms with van der Waals surface area (Å²) in [5.74, 6) is 0.844. The molecule has 0 saturated carbocycles. The van der Waals surface area contributed by atoms with Gasteiger partial charge in [0, 0.05) is 49.9 Å². The Bertz CT molecular complexity index is 969. The van der Waals surface area contributed by atoms with Crippen LogP contribution in [0, 0.1) is 6.92 Å². The Kier molecular flexibility index (Phi) is 9.30. The topological polar surface area (TPSA) is 52.6 Å². The number of guanidine groups is 1. The van der Waals surface area contributed by atoms with Crippen molar-refractivity contribution in [2.24, 2.45) is 4.99 Å². The van der Waals surface area contributed by atoms with Crippen LogP contribution in [0.1, 0.15) is 32.7 Å². The molecule has 0 fully saturated rings. The Hall–Kier alpha value is -1.49. The van der Waals surface area contributed by atoms with Gasteiger partial charge in [0.05, 0.1) is 16.7 Å². The van der Waals surface area contributed by atoms with Crippen LogP contribution >= 0.6 is 46.7 Å². The van der Waals surface area contributed by atoms with Crippen LogP contribution in [0.25, 0.3) is 0 Å². The lowest BCUT2D eigenvalue weighted by molar-refractivity contribution is 0.181. The van der Waals surface area contributed by atoms with Crippen LogP contribution in [0.2, 0.25) is 0 Å². The van der Waals surface area contributed by atoms with Gasteiger partial charge in [-0.05, 0) is 35.9 Å². The summed E-state index contributed by atoms with van der Waals surface area (Å²) in [6, 6.07) is 13.4. The molecule has 0 amide bonds. The molecule has 0 spiro atoms. The summed E-state index contributed by atoms with van der Waals surface area (Å²) in [6.07, 6.45) is 2.04. The molecule has 4 rings (SSSR count). The van der Waals surface area contributed by atoms with E-state index in [4.69, 9.17) is 0 Å². The van der Waals surface area contributed by atoms with Crippen LogP contribution in [0.15, 0.2) is 52.2 Å². The molecule has 2 aromatic heterocycles. The minimum atomic E-state index is 0. The maximum absolute atomic E-state index is 4.53. The fourth-order valence-corrected chi connectivity index (χ4v) is 5.45. The van der Waals surface area contributed by atoms with Crippen LogP contribution in [-0.2, 0) is 19.4 Å². The third-order valence-electron chi connectivity index (χ3n) is 5.49. The summed E-state index contributed by atoms with van der Waals surface area (Å²) in [5.41, 5.74) is 3.97. The van der Waals surface area contributed by atoms with Gasteiger partial charge in [-0.25, -0.2) is 4.98 Å². The van der Waals surface area contributed by atoms with E-state index in [1.54, 1.807) is 16.2 Å². The van der Waals surface area contributed by atoms with Crippen LogP contribution in [0.4, 0.5) is 0 Å². The van der Waals surface area contributed by atoms with Gasteiger partial charge in [0.25, 0.3) is 0 Å². The van der Waals surface area contributed by atoms with Gasteiger partial charge in [-0.3, -0.25) is 9.89 Å². The van der Waals surface area contributed by atoms with Crippen molar-refractivity contribution in [1.82, 2.24) is 20.5 Å². The average molecular weight is 568 g/mol. The van der Waals surface area contributed by atoms with E-state index < -0.39 is 0 Å². The maximum atomic E-state index is 4.53. The highest BCUT2D eigenvalue weighted by Gasteiger charge is 2.25. The number of fused-ring (bicyclic) bond motifs is 1. The second-order valence-corrected chi connectivity index (χ2v) is 9.57. The fourth-order valence-electron chi connectivity index (χ4n) is 3.92. The molecular weight excluding hydrogens is 537 g/mol. The summed E-state index contributed by atoms with van der Waals surface area (Å²) < 4.78 is 0. The van der Waals surface area contributed by atoms with Crippen molar-refractivity contribution in [3.63, 3.8) is 0 Å². The summed E-state index contributed by atoms with van der Waals surface area (Å²) in [7, 11) is 1.83. The van der Waals surface area contributed by atoms with Gasteiger partial charge in [-0.1, -0.05) is 30.3 Å². The number of halogens is 1. The minimum Gasteiger partial charge on any atom is -0.356 e. The van der Waals surface area contributed by atoms with E-state index in [9.17, 15) is 0 Å². The number of thiophene rings is 1. The first-order chi connectivity index (χ1) is 14.7. The van der Waals surface area contributed by atoms with Crippen molar-refractivity contribution in [3.8, 4) is 0 Å². The van der Waals surface area contributed by atoms with E-state index in [1.165, 1.54) is 11.1 Å². The number of aryl methyl sites for hydroxylation is 1. The standard InChI is InChI=1S/C23H29N5S2.HI/c1-17-27-20(16-30-17)8-11-25-23(24-2)26-14-21(18-6-4-3-5-7-18)28-12-9-22-19(15-28)10-13-29-22;/h3-7,10,13,16,21H,8-9,11-12,14-15H2,1-2H3,(H2,24,25,26);1H. The summed E-state index contributed by atoms with van der Waals surface area (Å²) in [6.45, 7) is 5.78. The Morgan fingerprint density at radius 1 is 1.19 bits per heavy atom. The lowest BCUT2D eigenvalue weighted by Crippen LogP contribution is -2.44. The monoisotopic (exact) mass is 567 g/mol. The average Bonchev–Trinajstić information content (AvgIpc) is 3.41. The van der Waals surface area contributed by atoms with Crippen LogP contribution in [0.5, 0.6) is 0 Å². The smallest absolute Gasteiger partial charge is 0.191 e. The largest absolute Gasteiger partial charge is 0.356 e. The second-order valence-electron chi connectivity index (χ2n) is 7.50. The molecule has 8 heteroatoms. The predicted octanol–water partition coefficient (Wildman–Crippen LogP) is 4.64. The van der Waals surface area contributed by atoms with Gasteiger partial charge in [0.1, 0.15) is 0 Å². The predicted molar refractivity (Wildman–Crippen MR) is 143 cm³/mol. The first-order valence-corrected chi connectivity index (χ1v) is 12.2. The number of benzene rings is 1. The maximum Gasteiger partial charge on any atom is 0.191 e. The van der Waals surface area contributed by atoms with Gasteiger partial charge in [0.2, 0.25) is 0 Å². The summed E-state index contributed by atoms with van der Waals surface area (Å²) >= 11 is 3.59. The van der Waals surface area contributed by atoms with E-state index in [-0.39, 0.29) is 24.0 Å². The molecule has 2 N–H and O–H groups in total. The highest BCUT2D eigenvalue weighted by Crippen LogP contribution is 2.30. The van der Waals surface area contributed by atoms with E-state index in [1.807, 2.05) is 25.3 Å². The minimum absolute atomic E-state index is 0. The molecule has 0 aliphatic carbocycles. The zero-order valence-electron chi connectivity index (χ0n) is 18.0. The number of nitrogens with one attached hydrogen (secondary N) is 2. The van der Waals surface area contributed by atoms with Crippen molar-refractivity contribution >= 4 is 52.6 Å². The van der Waals surface area contributed by atoms with Crippen molar-refractivity contribution in [1.29, 1.82) is 0 Å². The molecule has 0 saturated heterocycles. The van der Waals surface area contributed by atoms with Gasteiger partial charge in [0.15, 0.2) is 5.96 Å². The highest BCUT2D eigenvalue weighted by molar-refractivity contribution is 14.0. The van der Waals surface area contributed by atoms with Crippen molar-refractivity contribution < 1.29 is 0 Å². The molecule has 166 valence electrons. The Morgan fingerprint density at radius 3 is 2.77 bits per heavy atom. The Labute approximate surface area is 210 Å². The van der Waals surface area contributed by atoms with Crippen molar-refractivity contribution in [3.05, 3.63) is 73.9 Å². The van der Waals surface area contributed by atoms with Gasteiger partial charge < -0.3 is 10.6 Å². The molecule has 1 unspecified atom stereocenters. The quantitative estimate of drug-likeness (QED) is 0.248. The van der Waals surface area contributed by atoms with E-state index in [0.29, 0.717) is 6.04 Å². The van der Waals surface area contributed by atoms with E-state index in [2.05, 4.69) is 72.7 Å². The van der Waals surface area contributed by atoms with Crippen molar-refractivity contribution in [2.75, 3.05) is 26.7 Å². The SMILES string of the molecule is CN=C(NCCc1csc(C)n1)NCC(c1ccccc1)N1CCc2sccc2C1.I. The second kappa shape index (κ2) is 11.9. The third kappa shape index (κ3) is 6.50. The number of aromatic nitrogens is 1. The fraction of sp³-hybridized carbons (Fsp3) is 0.391. The van der Waals surface area contributed by atoms with Crippen LogP contribution in [0.3, 0.4) is 0 Å². The number of nitrogens with zero attached hydrogens (tertiary/aromatic N) is 3. The lowest BCUT2D eigenvalue weighted by atomic mass is 10.0. The molecule has 3 aromatic rings. The Morgan fingerprint density at radius 2 is 2.03 bits per heavy atom. The molecule has 0 bridgehead atoms. The lowest BCUT2D eigenvalue weighted by Gasteiger charge is -2.35. The third-order valence-corrected chi connectivity index (χ3v) is 7.33. The number of rotatable bonds is 7. The normalized spacial score (nSPS) is 15.1. The molecule has 0 radical (unpaired) electrons. The number of hydrogen-bond donors (Lipinski definition) is 2. The van der Waals surface area contributed by atoms with Crippen molar-refractivity contribution in [2.45, 2.75) is 32.4 Å². The van der Waals surface area contributed by atoms with E-state index >= 15 is 0 Å². The van der Waals surface area contributed by atoms with Gasteiger partial charge in [-0.15, -0.1) is 46.7 Å². The first kappa shape index (κ1) is 24.2. The zero-order chi connectivity index (χ0) is 20.8. The molecule has 5 nitrogen and oxygen atoms in total. The molecule has 1 aliphatic rings.